The molecule has 0 bridgehead atoms. The van der Waals surface area contributed by atoms with E-state index in [1.807, 2.05) is 7.05 Å². The Balaban J connectivity index is 2.50. The van der Waals surface area contributed by atoms with E-state index in [-0.39, 0.29) is 0 Å². The molecule has 84 valence electrons. The smallest absolute Gasteiger partial charge is 0.0277 e. The third-order valence-electron chi connectivity index (χ3n) is 3.47. The van der Waals surface area contributed by atoms with Gasteiger partial charge in [0.25, 0.3) is 0 Å². The van der Waals surface area contributed by atoms with Crippen LogP contribution in [0.5, 0.6) is 0 Å². The van der Waals surface area contributed by atoms with Crippen molar-refractivity contribution in [2.24, 2.45) is 0 Å². The van der Waals surface area contributed by atoms with Gasteiger partial charge in [0.1, 0.15) is 0 Å². The summed E-state index contributed by atoms with van der Waals surface area (Å²) < 4.78 is 0. The first-order chi connectivity index (χ1) is 6.47. The Hall–Kier alpha value is -0.120. The maximum Gasteiger partial charge on any atom is 0.0277 e. The minimum Gasteiger partial charge on any atom is -0.318 e. The first-order valence-electron chi connectivity index (χ1n) is 5.57. The molecule has 1 atom stereocenters. The molecule has 0 aromatic rings. The zero-order valence-corrected chi connectivity index (χ0v) is 10.3. The number of piperazine rings is 1. The Morgan fingerprint density at radius 2 is 2.00 bits per heavy atom. The normalized spacial score (nSPS) is 26.4. The van der Waals surface area contributed by atoms with Gasteiger partial charge in [0, 0.05) is 37.8 Å². The Morgan fingerprint density at radius 1 is 1.36 bits per heavy atom. The molecule has 1 N–H and O–H groups in total. The highest BCUT2D eigenvalue weighted by Crippen LogP contribution is 2.20. The van der Waals surface area contributed by atoms with Crippen LogP contribution in [-0.4, -0.2) is 61.7 Å². The van der Waals surface area contributed by atoms with Crippen molar-refractivity contribution < 1.29 is 0 Å². The number of likely N-dealkylation sites (N-methyl/N-ethyl adjacent to an activating group) is 2. The quantitative estimate of drug-likeness (QED) is 0.719. The van der Waals surface area contributed by atoms with E-state index in [4.69, 9.17) is 0 Å². The third-order valence-corrected chi connectivity index (χ3v) is 3.47. The van der Waals surface area contributed by atoms with Crippen LogP contribution >= 0.6 is 0 Å². The molecule has 0 aromatic carbocycles. The second-order valence-corrected chi connectivity index (χ2v) is 5.11. The second-order valence-electron chi connectivity index (χ2n) is 5.11. The Labute approximate surface area is 88.5 Å². The number of nitrogens with one attached hydrogen (secondary N) is 1. The molecule has 1 aliphatic heterocycles. The van der Waals surface area contributed by atoms with Gasteiger partial charge in [-0.05, 0) is 34.9 Å². The first kappa shape index (κ1) is 12.0. The molecule has 1 fully saturated rings. The summed E-state index contributed by atoms with van der Waals surface area (Å²) >= 11 is 0. The molecule has 1 unspecified atom stereocenters. The van der Waals surface area contributed by atoms with Crippen LogP contribution in [0.2, 0.25) is 0 Å². The molecule has 0 amide bonds. The van der Waals surface area contributed by atoms with Crippen molar-refractivity contribution in [3.63, 3.8) is 0 Å². The van der Waals surface area contributed by atoms with Crippen LogP contribution in [0, 0.1) is 0 Å². The van der Waals surface area contributed by atoms with Crippen LogP contribution in [0.4, 0.5) is 0 Å². The largest absolute Gasteiger partial charge is 0.318 e. The number of nitrogens with zero attached hydrogens (tertiary/aromatic N) is 2. The molecule has 0 aromatic heterocycles. The molecular weight excluding hydrogens is 174 g/mol. The van der Waals surface area contributed by atoms with E-state index < -0.39 is 0 Å². The van der Waals surface area contributed by atoms with E-state index in [2.05, 4.69) is 42.9 Å². The number of rotatable bonds is 3. The second kappa shape index (κ2) is 4.60. The van der Waals surface area contributed by atoms with Gasteiger partial charge in [0.15, 0.2) is 0 Å². The topological polar surface area (TPSA) is 18.5 Å². The van der Waals surface area contributed by atoms with Crippen molar-refractivity contribution in [1.82, 2.24) is 15.1 Å². The highest BCUT2D eigenvalue weighted by molar-refractivity contribution is 4.90. The summed E-state index contributed by atoms with van der Waals surface area (Å²) in [5.74, 6) is 0. The van der Waals surface area contributed by atoms with Gasteiger partial charge in [-0.1, -0.05) is 0 Å². The monoisotopic (exact) mass is 199 g/mol. The fourth-order valence-corrected chi connectivity index (χ4v) is 2.08. The van der Waals surface area contributed by atoms with Crippen molar-refractivity contribution in [3.8, 4) is 0 Å². The van der Waals surface area contributed by atoms with E-state index in [9.17, 15) is 0 Å². The Bertz CT molecular complexity index is 179. The van der Waals surface area contributed by atoms with E-state index >= 15 is 0 Å². The molecule has 3 nitrogen and oxygen atoms in total. The van der Waals surface area contributed by atoms with Crippen LogP contribution in [0.25, 0.3) is 0 Å². The molecule has 14 heavy (non-hydrogen) atoms. The Kier molecular flexibility index (Phi) is 3.93. The predicted molar refractivity (Wildman–Crippen MR) is 61.7 cm³/mol. The average molecular weight is 199 g/mol. The van der Waals surface area contributed by atoms with Crippen LogP contribution in [-0.2, 0) is 0 Å². The third kappa shape index (κ3) is 2.69. The van der Waals surface area contributed by atoms with E-state index in [1.165, 1.54) is 19.6 Å². The van der Waals surface area contributed by atoms with Crippen molar-refractivity contribution in [1.29, 1.82) is 0 Å². The van der Waals surface area contributed by atoms with Crippen molar-refractivity contribution in [2.45, 2.75) is 32.4 Å². The lowest BCUT2D eigenvalue weighted by molar-refractivity contribution is 0.0211. The SMILES string of the molecule is CNCC(C)N1CCN(C)C(C)(C)C1. The van der Waals surface area contributed by atoms with Crippen molar-refractivity contribution in [3.05, 3.63) is 0 Å². The van der Waals surface area contributed by atoms with Gasteiger partial charge in [-0.25, -0.2) is 0 Å². The van der Waals surface area contributed by atoms with Gasteiger partial charge in [-0.2, -0.15) is 0 Å². The summed E-state index contributed by atoms with van der Waals surface area (Å²) in [5.41, 5.74) is 0.320. The highest BCUT2D eigenvalue weighted by Gasteiger charge is 2.32. The molecule has 0 radical (unpaired) electrons. The fraction of sp³-hybridized carbons (Fsp3) is 1.00. The summed E-state index contributed by atoms with van der Waals surface area (Å²) in [6, 6.07) is 0.646. The number of hydrogen-bond acceptors (Lipinski definition) is 3. The molecular formula is C11H25N3. The van der Waals surface area contributed by atoms with Crippen LogP contribution < -0.4 is 5.32 Å². The zero-order valence-electron chi connectivity index (χ0n) is 10.3. The van der Waals surface area contributed by atoms with Crippen LogP contribution in [0.15, 0.2) is 0 Å². The highest BCUT2D eigenvalue weighted by atomic mass is 15.3. The van der Waals surface area contributed by atoms with Gasteiger partial charge in [-0.3, -0.25) is 9.80 Å². The maximum absolute atomic E-state index is 3.25. The first-order valence-corrected chi connectivity index (χ1v) is 5.57. The van der Waals surface area contributed by atoms with Crippen molar-refractivity contribution in [2.75, 3.05) is 40.3 Å². The zero-order chi connectivity index (χ0) is 10.8. The summed E-state index contributed by atoms with van der Waals surface area (Å²) in [5, 5.41) is 3.25. The molecule has 0 aliphatic carbocycles. The summed E-state index contributed by atoms with van der Waals surface area (Å²) in [4.78, 5) is 5.03. The molecule has 3 heteroatoms. The van der Waals surface area contributed by atoms with Gasteiger partial charge in [0.2, 0.25) is 0 Å². The summed E-state index contributed by atoms with van der Waals surface area (Å²) in [6.07, 6.45) is 0. The summed E-state index contributed by atoms with van der Waals surface area (Å²) in [6.45, 7) is 11.6. The van der Waals surface area contributed by atoms with Gasteiger partial charge < -0.3 is 5.32 Å². The number of hydrogen-bond donors (Lipinski definition) is 1. The van der Waals surface area contributed by atoms with Crippen LogP contribution in [0.1, 0.15) is 20.8 Å². The van der Waals surface area contributed by atoms with Gasteiger partial charge in [-0.15, -0.1) is 0 Å². The minimum absolute atomic E-state index is 0.320. The van der Waals surface area contributed by atoms with Gasteiger partial charge in [0.05, 0.1) is 0 Å². The van der Waals surface area contributed by atoms with Crippen molar-refractivity contribution >= 4 is 0 Å². The van der Waals surface area contributed by atoms with Gasteiger partial charge >= 0.3 is 0 Å². The van der Waals surface area contributed by atoms with E-state index in [0.29, 0.717) is 11.6 Å². The minimum atomic E-state index is 0.320. The van der Waals surface area contributed by atoms with E-state index in [1.54, 1.807) is 0 Å². The predicted octanol–water partition coefficient (Wildman–Crippen LogP) is 0.620. The average Bonchev–Trinajstić information content (AvgIpc) is 2.10. The lowest BCUT2D eigenvalue weighted by Gasteiger charge is -2.47. The Morgan fingerprint density at radius 3 is 2.50 bits per heavy atom. The molecule has 1 rings (SSSR count). The molecule has 0 spiro atoms. The molecule has 1 saturated heterocycles. The lowest BCUT2D eigenvalue weighted by Crippen LogP contribution is -2.60. The van der Waals surface area contributed by atoms with E-state index in [0.717, 1.165) is 6.54 Å². The molecule has 1 heterocycles. The lowest BCUT2D eigenvalue weighted by atomic mass is 9.98. The fourth-order valence-electron chi connectivity index (χ4n) is 2.08. The molecule has 1 aliphatic rings. The standard InChI is InChI=1S/C11H25N3/c1-10(8-12-4)14-7-6-13(5)11(2,3)9-14/h10,12H,6-9H2,1-5H3. The summed E-state index contributed by atoms with van der Waals surface area (Å²) in [7, 11) is 4.25. The van der Waals surface area contributed by atoms with Crippen LogP contribution in [0.3, 0.4) is 0 Å². The molecule has 0 saturated carbocycles. The maximum atomic E-state index is 3.25.